The lowest BCUT2D eigenvalue weighted by Crippen LogP contribution is -2.40. The first-order chi connectivity index (χ1) is 18.7. The summed E-state index contributed by atoms with van der Waals surface area (Å²) in [6.07, 6.45) is 3.71. The van der Waals surface area contributed by atoms with Gasteiger partial charge < -0.3 is 9.15 Å². The van der Waals surface area contributed by atoms with Gasteiger partial charge in [-0.25, -0.2) is 9.79 Å². The van der Waals surface area contributed by atoms with Crippen molar-refractivity contribution in [1.29, 1.82) is 0 Å². The summed E-state index contributed by atoms with van der Waals surface area (Å²) in [4.78, 5) is 33.4. The van der Waals surface area contributed by atoms with Gasteiger partial charge in [-0.05, 0) is 61.1 Å². The van der Waals surface area contributed by atoms with Gasteiger partial charge in [0, 0.05) is 21.6 Å². The minimum absolute atomic E-state index is 0.181. The van der Waals surface area contributed by atoms with Gasteiger partial charge in [-0.15, -0.1) is 11.8 Å². The number of thiazole rings is 1. The van der Waals surface area contributed by atoms with Crippen LogP contribution in [0.1, 0.15) is 38.1 Å². The second kappa shape index (κ2) is 11.4. The van der Waals surface area contributed by atoms with Crippen molar-refractivity contribution in [2.75, 3.05) is 12.9 Å². The van der Waals surface area contributed by atoms with Gasteiger partial charge in [-0.2, -0.15) is 0 Å². The molecular weight excluding hydrogens is 552 g/mol. The Morgan fingerprint density at radius 2 is 1.97 bits per heavy atom. The molecule has 3 heterocycles. The van der Waals surface area contributed by atoms with Crippen LogP contribution in [-0.2, 0) is 9.53 Å². The summed E-state index contributed by atoms with van der Waals surface area (Å²) >= 11 is 9.02. The van der Waals surface area contributed by atoms with Crippen molar-refractivity contribution in [3.63, 3.8) is 0 Å². The molecule has 5 rings (SSSR count). The fraction of sp³-hybridized carbons (Fsp3) is 0.233. The number of aromatic nitrogens is 1. The Labute approximate surface area is 239 Å². The number of carbonyl (C=O) groups is 1. The summed E-state index contributed by atoms with van der Waals surface area (Å²) in [5.74, 6) is 0.897. The van der Waals surface area contributed by atoms with E-state index in [9.17, 15) is 9.59 Å². The smallest absolute Gasteiger partial charge is 0.338 e. The molecule has 2 aromatic carbocycles. The Kier molecular flexibility index (Phi) is 7.98. The number of furan rings is 1. The number of benzene rings is 2. The number of fused-ring (bicyclic) bond motifs is 1. The fourth-order valence-electron chi connectivity index (χ4n) is 4.36. The van der Waals surface area contributed by atoms with E-state index in [1.165, 1.54) is 11.3 Å². The van der Waals surface area contributed by atoms with Crippen LogP contribution in [0.2, 0.25) is 5.02 Å². The maximum Gasteiger partial charge on any atom is 0.338 e. The van der Waals surface area contributed by atoms with E-state index in [-0.39, 0.29) is 18.1 Å². The number of ether oxygens (including phenoxy) is 1. The molecule has 0 amide bonds. The number of allylic oxidation sites excluding steroid dienone is 1. The first-order valence-electron chi connectivity index (χ1n) is 12.4. The van der Waals surface area contributed by atoms with Crippen molar-refractivity contribution in [3.8, 4) is 11.3 Å². The molecule has 39 heavy (non-hydrogen) atoms. The summed E-state index contributed by atoms with van der Waals surface area (Å²) in [6, 6.07) is 18.3. The quantitative estimate of drug-likeness (QED) is 0.197. The second-order valence-electron chi connectivity index (χ2n) is 9.56. The zero-order valence-electron chi connectivity index (χ0n) is 21.9. The molecule has 1 atom stereocenters. The molecule has 6 nitrogen and oxygen atoms in total. The van der Waals surface area contributed by atoms with Crippen LogP contribution in [0.25, 0.3) is 17.4 Å². The molecule has 200 valence electrons. The van der Waals surface area contributed by atoms with Crippen molar-refractivity contribution in [2.24, 2.45) is 10.9 Å². The van der Waals surface area contributed by atoms with Crippen LogP contribution >= 0.6 is 34.7 Å². The van der Waals surface area contributed by atoms with E-state index < -0.39 is 12.0 Å². The standard InChI is InChI=1S/C30H27ClN2O4S2/c1-17(2)16-36-29(35)26-18(3)32-30-33(27(26)19-8-11-23(38-4)12-9-19)28(34)25(39-30)15-22-10-13-24(37-22)20-6-5-7-21(31)14-20/h5-15,17,27H,16H2,1-4H3. The molecule has 1 unspecified atom stereocenters. The van der Waals surface area contributed by atoms with Crippen LogP contribution in [0.4, 0.5) is 0 Å². The molecule has 0 fully saturated rings. The Morgan fingerprint density at radius 3 is 2.67 bits per heavy atom. The third-order valence-electron chi connectivity index (χ3n) is 6.23. The second-order valence-corrected chi connectivity index (χ2v) is 11.9. The predicted molar refractivity (Wildman–Crippen MR) is 157 cm³/mol. The third kappa shape index (κ3) is 5.69. The molecule has 1 aliphatic heterocycles. The van der Waals surface area contributed by atoms with Crippen LogP contribution in [0.3, 0.4) is 0 Å². The van der Waals surface area contributed by atoms with E-state index in [1.54, 1.807) is 35.4 Å². The van der Waals surface area contributed by atoms with Crippen molar-refractivity contribution in [2.45, 2.75) is 31.7 Å². The number of halogens is 1. The van der Waals surface area contributed by atoms with Gasteiger partial charge in [-0.1, -0.05) is 61.1 Å². The number of carbonyl (C=O) groups excluding carboxylic acids is 1. The molecule has 1 aliphatic rings. The third-order valence-corrected chi connectivity index (χ3v) is 8.19. The maximum atomic E-state index is 13.8. The highest BCUT2D eigenvalue weighted by molar-refractivity contribution is 7.98. The summed E-state index contributed by atoms with van der Waals surface area (Å²) < 4.78 is 13.7. The van der Waals surface area contributed by atoms with Crippen LogP contribution in [0.5, 0.6) is 0 Å². The minimum Gasteiger partial charge on any atom is -0.462 e. The Hall–Kier alpha value is -3.33. The fourth-order valence-corrected chi connectivity index (χ4v) is 5.99. The van der Waals surface area contributed by atoms with Gasteiger partial charge >= 0.3 is 5.97 Å². The zero-order chi connectivity index (χ0) is 27.7. The van der Waals surface area contributed by atoms with Crippen LogP contribution in [0.15, 0.2) is 91.0 Å². The minimum atomic E-state index is -0.655. The predicted octanol–water partition coefficient (Wildman–Crippen LogP) is 6.07. The number of hydrogen-bond donors (Lipinski definition) is 0. The lowest BCUT2D eigenvalue weighted by Gasteiger charge is -2.25. The number of hydrogen-bond acceptors (Lipinski definition) is 7. The first kappa shape index (κ1) is 27.2. The normalized spacial score (nSPS) is 15.4. The molecule has 9 heteroatoms. The molecular formula is C30H27ClN2O4S2. The van der Waals surface area contributed by atoms with E-state index in [0.717, 1.165) is 16.0 Å². The van der Waals surface area contributed by atoms with E-state index in [1.807, 2.05) is 74.7 Å². The van der Waals surface area contributed by atoms with Gasteiger partial charge in [0.15, 0.2) is 4.80 Å². The first-order valence-corrected chi connectivity index (χ1v) is 14.9. The summed E-state index contributed by atoms with van der Waals surface area (Å²) in [5, 5.41) is 0.613. The molecule has 4 aromatic rings. The van der Waals surface area contributed by atoms with Gasteiger partial charge in [0.05, 0.1) is 28.5 Å². The van der Waals surface area contributed by atoms with Gasteiger partial charge in [-0.3, -0.25) is 9.36 Å². The van der Waals surface area contributed by atoms with Crippen LogP contribution < -0.4 is 14.9 Å². The average molecular weight is 579 g/mol. The van der Waals surface area contributed by atoms with Crippen LogP contribution in [0, 0.1) is 5.92 Å². The highest BCUT2D eigenvalue weighted by Gasteiger charge is 2.33. The van der Waals surface area contributed by atoms with Gasteiger partial charge in [0.25, 0.3) is 5.56 Å². The van der Waals surface area contributed by atoms with E-state index >= 15 is 0 Å². The van der Waals surface area contributed by atoms with Gasteiger partial charge in [0.2, 0.25) is 0 Å². The summed E-state index contributed by atoms with van der Waals surface area (Å²) in [7, 11) is 0. The van der Waals surface area contributed by atoms with E-state index in [4.69, 9.17) is 20.8 Å². The lowest BCUT2D eigenvalue weighted by molar-refractivity contribution is -0.140. The summed E-state index contributed by atoms with van der Waals surface area (Å²) in [5.41, 5.74) is 2.31. The number of nitrogens with zero attached hydrogens (tertiary/aromatic N) is 2. The monoisotopic (exact) mass is 578 g/mol. The highest BCUT2D eigenvalue weighted by Crippen LogP contribution is 2.32. The largest absolute Gasteiger partial charge is 0.462 e. The van der Waals surface area contributed by atoms with Crippen molar-refractivity contribution in [3.05, 3.63) is 108 Å². The number of rotatable bonds is 7. The maximum absolute atomic E-state index is 13.8. The molecule has 0 bridgehead atoms. The molecule has 2 aromatic heterocycles. The number of esters is 1. The molecule has 0 saturated heterocycles. The van der Waals surface area contributed by atoms with Crippen molar-refractivity contribution < 1.29 is 13.9 Å². The lowest BCUT2D eigenvalue weighted by atomic mass is 9.96. The molecule has 0 saturated carbocycles. The summed E-state index contributed by atoms with van der Waals surface area (Å²) in [6.45, 7) is 6.03. The molecule has 0 radical (unpaired) electrons. The van der Waals surface area contributed by atoms with E-state index in [0.29, 0.717) is 37.1 Å². The topological polar surface area (TPSA) is 73.8 Å². The molecule has 0 N–H and O–H groups in total. The Morgan fingerprint density at radius 1 is 1.21 bits per heavy atom. The van der Waals surface area contributed by atoms with Crippen molar-refractivity contribution >= 4 is 46.7 Å². The zero-order valence-corrected chi connectivity index (χ0v) is 24.3. The highest BCUT2D eigenvalue weighted by atomic mass is 35.5. The molecule has 0 spiro atoms. The average Bonchev–Trinajstić information content (AvgIpc) is 3.51. The SMILES string of the molecule is CSc1ccc(C2C(C(=O)OCC(C)C)=C(C)N=c3sc(=Cc4ccc(-c5cccc(Cl)c5)o4)c(=O)n32)cc1. The van der Waals surface area contributed by atoms with E-state index in [2.05, 4.69) is 4.99 Å². The number of thioether (sulfide) groups is 1. The Balaban J connectivity index is 1.61. The van der Waals surface area contributed by atoms with Crippen LogP contribution in [-0.4, -0.2) is 23.4 Å². The molecule has 0 aliphatic carbocycles. The van der Waals surface area contributed by atoms with Gasteiger partial charge in [0.1, 0.15) is 11.5 Å². The Bertz CT molecular complexity index is 1750. The van der Waals surface area contributed by atoms with Crippen molar-refractivity contribution in [1.82, 2.24) is 4.57 Å².